The Morgan fingerprint density at radius 3 is 3.14 bits per heavy atom. The summed E-state index contributed by atoms with van der Waals surface area (Å²) in [5, 5.41) is 4.32. The van der Waals surface area contributed by atoms with Crippen molar-refractivity contribution in [2.24, 2.45) is 5.92 Å². The maximum absolute atomic E-state index is 12.3. The Labute approximate surface area is 128 Å². The molecular formula is C16H18BN3O2. The topological polar surface area (TPSA) is 70.9 Å². The van der Waals surface area contributed by atoms with Crippen LogP contribution in [0.3, 0.4) is 0 Å². The standard InChI is InChI=1S/C16H18BN3O2/c17-10-3-4-12-11(7-10)14-15(22-12)16(21)20-13(19-14)6-9-2-1-5-18-8-9/h3-4,7,9,18H,1-2,5-6,8,17H2,(H,19,20,21)/t9-/m0/s1. The highest BCUT2D eigenvalue weighted by molar-refractivity contribution is 6.33. The molecule has 5 nitrogen and oxygen atoms in total. The predicted molar refractivity (Wildman–Crippen MR) is 89.6 cm³/mol. The molecule has 3 heterocycles. The van der Waals surface area contributed by atoms with Crippen LogP contribution in [0.2, 0.25) is 0 Å². The molecule has 22 heavy (non-hydrogen) atoms. The third-order valence-electron chi connectivity index (χ3n) is 4.41. The monoisotopic (exact) mass is 295 g/mol. The van der Waals surface area contributed by atoms with Crippen LogP contribution < -0.4 is 16.3 Å². The first-order chi connectivity index (χ1) is 10.7. The Kier molecular flexibility index (Phi) is 3.26. The molecule has 1 saturated heterocycles. The molecule has 0 saturated carbocycles. The second kappa shape index (κ2) is 5.28. The van der Waals surface area contributed by atoms with E-state index in [9.17, 15) is 4.79 Å². The number of hydrogen-bond donors (Lipinski definition) is 2. The van der Waals surface area contributed by atoms with Gasteiger partial charge in [0.2, 0.25) is 5.58 Å². The Balaban J connectivity index is 1.81. The van der Waals surface area contributed by atoms with E-state index in [4.69, 9.17) is 4.42 Å². The first-order valence-electron chi connectivity index (χ1n) is 7.83. The number of piperidine rings is 1. The normalized spacial score (nSPS) is 19.0. The van der Waals surface area contributed by atoms with Crippen LogP contribution >= 0.6 is 0 Å². The quantitative estimate of drug-likeness (QED) is 0.674. The number of aromatic amines is 1. The lowest BCUT2D eigenvalue weighted by Gasteiger charge is -2.21. The van der Waals surface area contributed by atoms with Gasteiger partial charge < -0.3 is 14.7 Å². The summed E-state index contributed by atoms with van der Waals surface area (Å²) in [7, 11) is 2.03. The van der Waals surface area contributed by atoms with Crippen LogP contribution in [-0.4, -0.2) is 30.9 Å². The summed E-state index contributed by atoms with van der Waals surface area (Å²) in [5.74, 6) is 1.30. The Morgan fingerprint density at radius 2 is 2.32 bits per heavy atom. The van der Waals surface area contributed by atoms with Crippen LogP contribution in [-0.2, 0) is 6.42 Å². The third-order valence-corrected chi connectivity index (χ3v) is 4.41. The summed E-state index contributed by atoms with van der Waals surface area (Å²) in [6.07, 6.45) is 3.17. The molecule has 2 N–H and O–H groups in total. The molecule has 0 bridgehead atoms. The van der Waals surface area contributed by atoms with Crippen LogP contribution in [0.1, 0.15) is 18.7 Å². The van der Waals surface area contributed by atoms with E-state index in [2.05, 4.69) is 15.3 Å². The van der Waals surface area contributed by atoms with Crippen molar-refractivity contribution in [3.8, 4) is 0 Å². The highest BCUT2D eigenvalue weighted by Crippen LogP contribution is 2.24. The van der Waals surface area contributed by atoms with Crippen molar-refractivity contribution in [2.45, 2.75) is 19.3 Å². The average Bonchev–Trinajstić information content (AvgIpc) is 2.87. The molecule has 0 aliphatic carbocycles. The lowest BCUT2D eigenvalue weighted by atomic mass is 9.95. The maximum atomic E-state index is 12.3. The van der Waals surface area contributed by atoms with Crippen molar-refractivity contribution >= 4 is 35.4 Å². The van der Waals surface area contributed by atoms with Gasteiger partial charge in [0.15, 0.2) is 0 Å². The van der Waals surface area contributed by atoms with E-state index < -0.39 is 0 Å². The molecule has 112 valence electrons. The van der Waals surface area contributed by atoms with Gasteiger partial charge in [0.05, 0.1) is 0 Å². The molecule has 1 atom stereocenters. The first kappa shape index (κ1) is 13.6. The number of hydrogen-bond acceptors (Lipinski definition) is 4. The fourth-order valence-corrected chi connectivity index (χ4v) is 3.28. The number of benzene rings is 1. The minimum atomic E-state index is -0.183. The van der Waals surface area contributed by atoms with E-state index in [0.717, 1.165) is 41.8 Å². The van der Waals surface area contributed by atoms with Gasteiger partial charge in [-0.3, -0.25) is 4.79 Å². The molecule has 1 aliphatic heterocycles. The Bertz CT molecular complexity index is 893. The summed E-state index contributed by atoms with van der Waals surface area (Å²) in [6.45, 7) is 2.08. The predicted octanol–water partition coefficient (Wildman–Crippen LogP) is 0.470. The molecule has 0 radical (unpaired) electrons. The van der Waals surface area contributed by atoms with E-state index in [0.29, 0.717) is 17.0 Å². The van der Waals surface area contributed by atoms with Crippen LogP contribution in [0.4, 0.5) is 0 Å². The zero-order valence-electron chi connectivity index (χ0n) is 12.6. The van der Waals surface area contributed by atoms with Gasteiger partial charge in [-0.2, -0.15) is 0 Å². The van der Waals surface area contributed by atoms with Crippen molar-refractivity contribution < 1.29 is 4.42 Å². The summed E-state index contributed by atoms with van der Waals surface area (Å²) in [4.78, 5) is 19.9. The van der Waals surface area contributed by atoms with Crippen LogP contribution in [0, 0.1) is 5.92 Å². The van der Waals surface area contributed by atoms with Crippen LogP contribution in [0.25, 0.3) is 22.1 Å². The SMILES string of the molecule is Bc1ccc2oc3c(=O)[nH]c(C[C@@H]4CCCNC4)nc3c2c1. The van der Waals surface area contributed by atoms with E-state index in [1.807, 2.05) is 26.0 Å². The molecule has 0 amide bonds. The summed E-state index contributed by atoms with van der Waals surface area (Å²) in [6, 6.07) is 5.91. The van der Waals surface area contributed by atoms with Crippen molar-refractivity contribution in [2.75, 3.05) is 13.1 Å². The fraction of sp³-hybridized carbons (Fsp3) is 0.375. The zero-order valence-corrected chi connectivity index (χ0v) is 12.6. The van der Waals surface area contributed by atoms with E-state index in [1.54, 1.807) is 0 Å². The van der Waals surface area contributed by atoms with Gasteiger partial charge in [-0.15, -0.1) is 0 Å². The molecule has 1 aliphatic rings. The number of nitrogens with zero attached hydrogens (tertiary/aromatic N) is 1. The number of rotatable bonds is 2. The number of fused-ring (bicyclic) bond motifs is 3. The van der Waals surface area contributed by atoms with Gasteiger partial charge in [-0.25, -0.2) is 4.98 Å². The van der Waals surface area contributed by atoms with Crippen molar-refractivity contribution in [3.63, 3.8) is 0 Å². The Morgan fingerprint density at radius 1 is 1.41 bits per heavy atom. The zero-order chi connectivity index (χ0) is 15.1. The van der Waals surface area contributed by atoms with Gasteiger partial charge in [0.1, 0.15) is 24.8 Å². The van der Waals surface area contributed by atoms with Gasteiger partial charge in [0.25, 0.3) is 5.56 Å². The molecule has 1 fully saturated rings. The largest absolute Gasteiger partial charge is 0.449 e. The summed E-state index contributed by atoms with van der Waals surface area (Å²) >= 11 is 0. The third kappa shape index (κ3) is 2.33. The molecule has 2 aromatic heterocycles. The van der Waals surface area contributed by atoms with E-state index in [-0.39, 0.29) is 5.56 Å². The highest BCUT2D eigenvalue weighted by Gasteiger charge is 2.17. The van der Waals surface area contributed by atoms with Gasteiger partial charge in [-0.1, -0.05) is 17.6 Å². The minimum absolute atomic E-state index is 0.183. The molecule has 4 rings (SSSR count). The number of aromatic nitrogens is 2. The summed E-state index contributed by atoms with van der Waals surface area (Å²) in [5.41, 5.74) is 2.68. The van der Waals surface area contributed by atoms with Crippen LogP contribution in [0.5, 0.6) is 0 Å². The first-order valence-corrected chi connectivity index (χ1v) is 7.83. The van der Waals surface area contributed by atoms with E-state index in [1.165, 1.54) is 12.8 Å². The molecule has 0 spiro atoms. The lowest BCUT2D eigenvalue weighted by Crippen LogP contribution is -2.31. The highest BCUT2D eigenvalue weighted by atomic mass is 16.3. The average molecular weight is 295 g/mol. The van der Waals surface area contributed by atoms with Crippen molar-refractivity contribution in [1.82, 2.24) is 15.3 Å². The van der Waals surface area contributed by atoms with Crippen molar-refractivity contribution in [3.05, 3.63) is 34.4 Å². The van der Waals surface area contributed by atoms with Crippen LogP contribution in [0.15, 0.2) is 27.4 Å². The van der Waals surface area contributed by atoms with Crippen molar-refractivity contribution in [1.29, 1.82) is 0 Å². The molecular weight excluding hydrogens is 277 g/mol. The lowest BCUT2D eigenvalue weighted by molar-refractivity contribution is 0.370. The number of H-pyrrole nitrogens is 1. The van der Waals surface area contributed by atoms with Gasteiger partial charge in [-0.05, 0) is 37.9 Å². The van der Waals surface area contributed by atoms with Gasteiger partial charge >= 0.3 is 0 Å². The fourth-order valence-electron chi connectivity index (χ4n) is 3.28. The maximum Gasteiger partial charge on any atom is 0.294 e. The molecule has 0 unspecified atom stereocenters. The second-order valence-corrected chi connectivity index (χ2v) is 6.21. The van der Waals surface area contributed by atoms with Gasteiger partial charge in [0, 0.05) is 11.8 Å². The minimum Gasteiger partial charge on any atom is -0.449 e. The smallest absolute Gasteiger partial charge is 0.294 e. The molecule has 1 aromatic carbocycles. The molecule has 6 heteroatoms. The number of nitrogens with one attached hydrogen (secondary N) is 2. The Hall–Kier alpha value is -2.08. The van der Waals surface area contributed by atoms with E-state index >= 15 is 0 Å². The number of furan rings is 1. The summed E-state index contributed by atoms with van der Waals surface area (Å²) < 4.78 is 5.66. The second-order valence-electron chi connectivity index (χ2n) is 6.21. The molecule has 3 aromatic rings.